The molecule has 0 aromatic heterocycles. The van der Waals surface area contributed by atoms with E-state index in [2.05, 4.69) is 10.6 Å². The maximum absolute atomic E-state index is 11.9. The lowest BCUT2D eigenvalue weighted by Gasteiger charge is -2.23. The monoisotopic (exact) mass is 261 g/mol. The van der Waals surface area contributed by atoms with Gasteiger partial charge in [0.05, 0.1) is 6.04 Å². The molecule has 2 saturated heterocycles. The Morgan fingerprint density at radius 2 is 2.18 bits per heavy atom. The summed E-state index contributed by atoms with van der Waals surface area (Å²) in [6.07, 6.45) is 3.83. The molecule has 2 atom stereocenters. The third-order valence-electron chi connectivity index (χ3n) is 3.37. The molecule has 5 nitrogen and oxygen atoms in total. The van der Waals surface area contributed by atoms with Gasteiger partial charge in [-0.3, -0.25) is 9.59 Å². The van der Waals surface area contributed by atoms with Crippen LogP contribution in [0, 0.1) is 0 Å². The zero-order valence-corrected chi connectivity index (χ0v) is 10.9. The van der Waals surface area contributed by atoms with Crippen LogP contribution >= 0.6 is 12.4 Å². The summed E-state index contributed by atoms with van der Waals surface area (Å²) < 4.78 is 0. The molecule has 2 heterocycles. The molecule has 2 amide bonds. The number of halogens is 1. The largest absolute Gasteiger partial charge is 0.344 e. The summed E-state index contributed by atoms with van der Waals surface area (Å²) in [4.78, 5) is 25.1. The molecule has 6 heteroatoms. The van der Waals surface area contributed by atoms with E-state index in [1.54, 1.807) is 11.9 Å². The number of piperidine rings is 1. The van der Waals surface area contributed by atoms with Gasteiger partial charge in [-0.05, 0) is 25.8 Å². The lowest BCUT2D eigenvalue weighted by molar-refractivity contribution is -0.132. The zero-order chi connectivity index (χ0) is 11.5. The van der Waals surface area contributed by atoms with Crippen LogP contribution in [0.5, 0.6) is 0 Å². The van der Waals surface area contributed by atoms with Gasteiger partial charge in [-0.1, -0.05) is 6.42 Å². The molecule has 2 aliphatic heterocycles. The average Bonchev–Trinajstić information content (AvgIpc) is 2.62. The maximum Gasteiger partial charge on any atom is 0.244 e. The smallest absolute Gasteiger partial charge is 0.244 e. The van der Waals surface area contributed by atoms with E-state index in [9.17, 15) is 9.59 Å². The second-order valence-corrected chi connectivity index (χ2v) is 4.61. The zero-order valence-electron chi connectivity index (χ0n) is 10.1. The molecule has 2 fully saturated rings. The highest BCUT2D eigenvalue weighted by Crippen LogP contribution is 2.11. The Bertz CT molecular complexity index is 292. The lowest BCUT2D eigenvalue weighted by Crippen LogP contribution is -2.51. The van der Waals surface area contributed by atoms with Crippen molar-refractivity contribution in [3.8, 4) is 0 Å². The first-order valence-electron chi connectivity index (χ1n) is 5.97. The van der Waals surface area contributed by atoms with Crippen molar-refractivity contribution in [1.82, 2.24) is 15.5 Å². The molecular weight excluding hydrogens is 242 g/mol. The Labute approximate surface area is 108 Å². The van der Waals surface area contributed by atoms with Crippen molar-refractivity contribution in [2.24, 2.45) is 0 Å². The second kappa shape index (κ2) is 6.21. The SMILES string of the molecule is CN1CCC(NC(=O)C2CCCCN2)C1=O.Cl. The standard InChI is InChI=1S/C11H19N3O2.ClH/c1-14-7-5-9(11(14)16)13-10(15)8-4-2-3-6-12-8;/h8-9,12H,2-7H2,1H3,(H,13,15);1H. The van der Waals surface area contributed by atoms with Crippen LogP contribution in [0.2, 0.25) is 0 Å². The Hall–Kier alpha value is -0.810. The van der Waals surface area contributed by atoms with E-state index in [4.69, 9.17) is 0 Å². The Kier molecular flexibility index (Phi) is 5.21. The summed E-state index contributed by atoms with van der Waals surface area (Å²) in [5.41, 5.74) is 0. The first-order valence-corrected chi connectivity index (χ1v) is 5.97. The number of hydrogen-bond acceptors (Lipinski definition) is 3. The van der Waals surface area contributed by atoms with Crippen molar-refractivity contribution in [2.45, 2.75) is 37.8 Å². The van der Waals surface area contributed by atoms with Crippen molar-refractivity contribution < 1.29 is 9.59 Å². The molecule has 0 bridgehead atoms. The minimum atomic E-state index is -0.304. The highest BCUT2D eigenvalue weighted by molar-refractivity contribution is 5.90. The predicted octanol–water partition coefficient (Wildman–Crippen LogP) is -0.103. The molecule has 0 aliphatic carbocycles. The van der Waals surface area contributed by atoms with Crippen LogP contribution in [-0.4, -0.2) is 48.9 Å². The van der Waals surface area contributed by atoms with Crippen molar-refractivity contribution in [1.29, 1.82) is 0 Å². The predicted molar refractivity (Wildman–Crippen MR) is 67.1 cm³/mol. The molecule has 0 aromatic carbocycles. The fourth-order valence-electron chi connectivity index (χ4n) is 2.30. The van der Waals surface area contributed by atoms with Crippen LogP contribution in [0.25, 0.3) is 0 Å². The topological polar surface area (TPSA) is 61.4 Å². The minimum Gasteiger partial charge on any atom is -0.344 e. The maximum atomic E-state index is 11.9. The highest BCUT2D eigenvalue weighted by Gasteiger charge is 2.32. The van der Waals surface area contributed by atoms with Gasteiger partial charge in [0.25, 0.3) is 0 Å². The highest BCUT2D eigenvalue weighted by atomic mass is 35.5. The van der Waals surface area contributed by atoms with Crippen LogP contribution in [0.3, 0.4) is 0 Å². The third-order valence-corrected chi connectivity index (χ3v) is 3.37. The summed E-state index contributed by atoms with van der Waals surface area (Å²) >= 11 is 0. The first-order chi connectivity index (χ1) is 7.68. The molecule has 98 valence electrons. The Balaban J connectivity index is 0.00000144. The number of rotatable bonds is 2. The van der Waals surface area contributed by atoms with Crippen LogP contribution in [0.1, 0.15) is 25.7 Å². The number of likely N-dealkylation sites (tertiary alicyclic amines) is 1. The number of carbonyl (C=O) groups excluding carboxylic acids is 2. The van der Waals surface area contributed by atoms with Crippen LogP contribution < -0.4 is 10.6 Å². The van der Waals surface area contributed by atoms with E-state index in [0.717, 1.165) is 38.8 Å². The molecule has 2 unspecified atom stereocenters. The Morgan fingerprint density at radius 3 is 2.71 bits per heavy atom. The second-order valence-electron chi connectivity index (χ2n) is 4.61. The number of carbonyl (C=O) groups is 2. The summed E-state index contributed by atoms with van der Waals surface area (Å²) in [5.74, 6) is 0.0116. The number of likely N-dealkylation sites (N-methyl/N-ethyl adjacent to an activating group) is 1. The fourth-order valence-corrected chi connectivity index (χ4v) is 2.30. The van der Waals surface area contributed by atoms with E-state index in [1.165, 1.54) is 0 Å². The van der Waals surface area contributed by atoms with Gasteiger partial charge in [-0.25, -0.2) is 0 Å². The molecule has 2 rings (SSSR count). The van der Waals surface area contributed by atoms with Gasteiger partial charge in [0.15, 0.2) is 0 Å². The summed E-state index contributed by atoms with van der Waals surface area (Å²) in [6.45, 7) is 1.64. The minimum absolute atomic E-state index is 0. The summed E-state index contributed by atoms with van der Waals surface area (Å²) in [6, 6.07) is -0.409. The van der Waals surface area contributed by atoms with Crippen molar-refractivity contribution in [2.75, 3.05) is 20.1 Å². The van der Waals surface area contributed by atoms with Crippen LogP contribution in [-0.2, 0) is 9.59 Å². The molecule has 0 radical (unpaired) electrons. The quantitative estimate of drug-likeness (QED) is 0.730. The van der Waals surface area contributed by atoms with E-state index < -0.39 is 0 Å². The molecule has 0 saturated carbocycles. The summed E-state index contributed by atoms with van der Waals surface area (Å²) in [5, 5.41) is 6.02. The number of nitrogens with one attached hydrogen (secondary N) is 2. The van der Waals surface area contributed by atoms with Gasteiger partial charge in [-0.15, -0.1) is 12.4 Å². The van der Waals surface area contributed by atoms with Gasteiger partial charge in [0.2, 0.25) is 11.8 Å². The normalized spacial score (nSPS) is 28.8. The van der Waals surface area contributed by atoms with E-state index in [0.29, 0.717) is 0 Å². The number of hydrogen-bond donors (Lipinski definition) is 2. The van der Waals surface area contributed by atoms with Crippen molar-refractivity contribution >= 4 is 24.2 Å². The molecule has 0 spiro atoms. The average molecular weight is 262 g/mol. The van der Waals surface area contributed by atoms with Gasteiger partial charge in [0, 0.05) is 13.6 Å². The van der Waals surface area contributed by atoms with Gasteiger partial charge < -0.3 is 15.5 Å². The first kappa shape index (κ1) is 14.3. The molecule has 2 aliphatic rings. The van der Waals surface area contributed by atoms with Crippen molar-refractivity contribution in [3.05, 3.63) is 0 Å². The van der Waals surface area contributed by atoms with E-state index >= 15 is 0 Å². The lowest BCUT2D eigenvalue weighted by atomic mass is 10.0. The van der Waals surface area contributed by atoms with Crippen molar-refractivity contribution in [3.63, 3.8) is 0 Å². The molecule has 17 heavy (non-hydrogen) atoms. The number of nitrogens with zero attached hydrogens (tertiary/aromatic N) is 1. The number of amides is 2. The molecule has 2 N–H and O–H groups in total. The molecule has 0 aromatic rings. The van der Waals surface area contributed by atoms with Crippen LogP contribution in [0.15, 0.2) is 0 Å². The molecular formula is C11H20ClN3O2. The van der Waals surface area contributed by atoms with Gasteiger partial charge >= 0.3 is 0 Å². The third kappa shape index (κ3) is 3.33. The summed E-state index contributed by atoms with van der Waals surface area (Å²) in [7, 11) is 1.77. The van der Waals surface area contributed by atoms with Crippen LogP contribution in [0.4, 0.5) is 0 Å². The Morgan fingerprint density at radius 1 is 1.41 bits per heavy atom. The fraction of sp³-hybridized carbons (Fsp3) is 0.818. The van der Waals surface area contributed by atoms with Gasteiger partial charge in [0.1, 0.15) is 6.04 Å². The van der Waals surface area contributed by atoms with E-state index in [1.807, 2.05) is 0 Å². The van der Waals surface area contributed by atoms with E-state index in [-0.39, 0.29) is 36.3 Å². The van der Waals surface area contributed by atoms with Gasteiger partial charge in [-0.2, -0.15) is 0 Å².